The molecular weight excluding hydrogens is 404 g/mol. The summed E-state index contributed by atoms with van der Waals surface area (Å²) in [5, 5.41) is 0.809. The highest BCUT2D eigenvalue weighted by molar-refractivity contribution is 7.99. The third-order valence-electron chi connectivity index (χ3n) is 5.27. The SMILES string of the molecule is Clc1cccc(SCCCN2CCN(C3=COC(C4=CC=CCC4)=CO3)CC2)c1. The van der Waals surface area contributed by atoms with Crippen molar-refractivity contribution in [1.29, 1.82) is 0 Å². The first-order chi connectivity index (χ1) is 14.3. The van der Waals surface area contributed by atoms with Gasteiger partial charge in [0.2, 0.25) is 5.88 Å². The molecule has 1 fully saturated rings. The standard InChI is InChI=1S/C23H27ClN2O2S/c24-20-8-4-9-21(16-20)29-15-5-10-25-11-13-26(14-12-25)23-18-27-22(17-28-23)19-6-2-1-3-7-19/h1-2,4,6,8-9,16-18H,3,5,7,10-15H2. The highest BCUT2D eigenvalue weighted by Crippen LogP contribution is 2.26. The minimum absolute atomic E-state index is 0.809. The Balaban J connectivity index is 1.15. The summed E-state index contributed by atoms with van der Waals surface area (Å²) in [5.41, 5.74) is 1.20. The Kier molecular flexibility index (Phi) is 7.25. The average Bonchev–Trinajstić information content (AvgIpc) is 2.78. The average molecular weight is 431 g/mol. The van der Waals surface area contributed by atoms with Gasteiger partial charge in [0.25, 0.3) is 0 Å². The number of hydrogen-bond donors (Lipinski definition) is 0. The molecule has 6 heteroatoms. The van der Waals surface area contributed by atoms with E-state index >= 15 is 0 Å². The van der Waals surface area contributed by atoms with Gasteiger partial charge in [-0.15, -0.1) is 11.8 Å². The van der Waals surface area contributed by atoms with Gasteiger partial charge < -0.3 is 14.4 Å². The molecule has 0 radical (unpaired) electrons. The van der Waals surface area contributed by atoms with Crippen molar-refractivity contribution in [3.05, 3.63) is 77.3 Å². The zero-order valence-electron chi connectivity index (χ0n) is 16.6. The van der Waals surface area contributed by atoms with Crippen molar-refractivity contribution in [2.24, 2.45) is 0 Å². The molecule has 2 heterocycles. The van der Waals surface area contributed by atoms with Gasteiger partial charge in [0.1, 0.15) is 6.26 Å². The number of thioether (sulfide) groups is 1. The lowest BCUT2D eigenvalue weighted by Crippen LogP contribution is -2.46. The Morgan fingerprint density at radius 3 is 2.69 bits per heavy atom. The van der Waals surface area contributed by atoms with E-state index in [9.17, 15) is 0 Å². The summed E-state index contributed by atoms with van der Waals surface area (Å²) in [7, 11) is 0. The predicted octanol–water partition coefficient (Wildman–Crippen LogP) is 5.40. The molecule has 0 unspecified atom stereocenters. The maximum absolute atomic E-state index is 6.05. The van der Waals surface area contributed by atoms with Gasteiger partial charge in [-0.05, 0) is 55.3 Å². The Bertz CT molecular complexity index is 826. The van der Waals surface area contributed by atoms with E-state index in [0.29, 0.717) is 0 Å². The first-order valence-electron chi connectivity index (χ1n) is 10.2. The topological polar surface area (TPSA) is 24.9 Å². The number of allylic oxidation sites excluding steroid dienone is 4. The van der Waals surface area contributed by atoms with E-state index in [2.05, 4.69) is 34.1 Å². The molecule has 3 aliphatic rings. The molecule has 4 rings (SSSR count). The Morgan fingerprint density at radius 2 is 1.97 bits per heavy atom. The van der Waals surface area contributed by atoms with Gasteiger partial charge in [-0.1, -0.05) is 35.9 Å². The fraction of sp³-hybridized carbons (Fsp3) is 0.391. The van der Waals surface area contributed by atoms with Gasteiger partial charge in [0.15, 0.2) is 12.0 Å². The molecule has 4 nitrogen and oxygen atoms in total. The van der Waals surface area contributed by atoms with Crippen LogP contribution in [0.4, 0.5) is 0 Å². The van der Waals surface area contributed by atoms with Crippen molar-refractivity contribution in [2.75, 3.05) is 38.5 Å². The van der Waals surface area contributed by atoms with Gasteiger partial charge in [0, 0.05) is 36.1 Å². The number of hydrogen-bond acceptors (Lipinski definition) is 5. The number of benzene rings is 1. The van der Waals surface area contributed by atoms with Crippen LogP contribution in [0.2, 0.25) is 5.02 Å². The van der Waals surface area contributed by atoms with Gasteiger partial charge in [-0.2, -0.15) is 0 Å². The third-order valence-corrected chi connectivity index (χ3v) is 6.59. The molecule has 1 aliphatic carbocycles. The maximum atomic E-state index is 6.05. The smallest absolute Gasteiger partial charge is 0.231 e. The molecular formula is C23H27ClN2O2S. The lowest BCUT2D eigenvalue weighted by molar-refractivity contribution is 0.0848. The predicted molar refractivity (Wildman–Crippen MR) is 120 cm³/mol. The summed E-state index contributed by atoms with van der Waals surface area (Å²) in [4.78, 5) is 6.04. The highest BCUT2D eigenvalue weighted by Gasteiger charge is 2.22. The van der Waals surface area contributed by atoms with Crippen molar-refractivity contribution >= 4 is 23.4 Å². The van der Waals surface area contributed by atoms with E-state index in [-0.39, 0.29) is 0 Å². The number of ether oxygens (including phenoxy) is 2. The summed E-state index contributed by atoms with van der Waals surface area (Å²) in [5.74, 6) is 2.76. The van der Waals surface area contributed by atoms with E-state index in [4.69, 9.17) is 21.1 Å². The lowest BCUT2D eigenvalue weighted by atomic mass is 10.0. The van der Waals surface area contributed by atoms with Gasteiger partial charge >= 0.3 is 0 Å². The minimum atomic E-state index is 0.809. The van der Waals surface area contributed by atoms with Crippen LogP contribution in [0.1, 0.15) is 19.3 Å². The Morgan fingerprint density at radius 1 is 1.07 bits per heavy atom. The van der Waals surface area contributed by atoms with Crippen LogP contribution in [-0.4, -0.2) is 48.3 Å². The van der Waals surface area contributed by atoms with Gasteiger partial charge in [-0.3, -0.25) is 4.90 Å². The van der Waals surface area contributed by atoms with Crippen molar-refractivity contribution < 1.29 is 9.47 Å². The second kappa shape index (κ2) is 10.3. The van der Waals surface area contributed by atoms with Crippen LogP contribution >= 0.6 is 23.4 Å². The summed E-state index contributed by atoms with van der Waals surface area (Å²) in [6.45, 7) is 5.16. The fourth-order valence-electron chi connectivity index (χ4n) is 3.62. The van der Waals surface area contributed by atoms with Crippen LogP contribution in [-0.2, 0) is 9.47 Å². The lowest BCUT2D eigenvalue weighted by Gasteiger charge is -2.36. The number of nitrogens with zero attached hydrogens (tertiary/aromatic N) is 2. The minimum Gasteiger partial charge on any atom is -0.456 e. The summed E-state index contributed by atoms with van der Waals surface area (Å²) >= 11 is 7.92. The molecule has 1 saturated heterocycles. The molecule has 29 heavy (non-hydrogen) atoms. The van der Waals surface area contributed by atoms with Crippen molar-refractivity contribution in [3.8, 4) is 0 Å². The van der Waals surface area contributed by atoms with Gasteiger partial charge in [0.05, 0.1) is 0 Å². The van der Waals surface area contributed by atoms with Crippen LogP contribution < -0.4 is 0 Å². The Hall–Kier alpha value is -1.82. The first kappa shape index (κ1) is 20.5. The van der Waals surface area contributed by atoms with Crippen LogP contribution in [0.15, 0.2) is 77.1 Å². The monoisotopic (exact) mass is 430 g/mol. The van der Waals surface area contributed by atoms with Crippen LogP contribution in [0.5, 0.6) is 0 Å². The molecule has 0 aromatic heterocycles. The number of piperazine rings is 1. The molecule has 0 N–H and O–H groups in total. The Labute approximate surface area is 182 Å². The molecule has 154 valence electrons. The maximum Gasteiger partial charge on any atom is 0.231 e. The van der Waals surface area contributed by atoms with E-state index in [1.807, 2.05) is 30.0 Å². The quantitative estimate of drug-likeness (QED) is 0.426. The zero-order valence-corrected chi connectivity index (χ0v) is 18.1. The molecule has 2 aliphatic heterocycles. The number of halogens is 1. The summed E-state index contributed by atoms with van der Waals surface area (Å²) < 4.78 is 11.7. The molecule has 0 spiro atoms. The second-order valence-corrected chi connectivity index (χ2v) is 8.93. The zero-order chi connectivity index (χ0) is 19.9. The molecule has 0 saturated carbocycles. The third kappa shape index (κ3) is 5.84. The van der Waals surface area contributed by atoms with E-state index in [1.165, 1.54) is 16.9 Å². The van der Waals surface area contributed by atoms with Crippen LogP contribution in [0.3, 0.4) is 0 Å². The number of rotatable bonds is 7. The van der Waals surface area contributed by atoms with Crippen LogP contribution in [0, 0.1) is 0 Å². The normalized spacial score (nSPS) is 19.8. The molecule has 1 aromatic carbocycles. The fourth-order valence-corrected chi connectivity index (χ4v) is 4.77. The van der Waals surface area contributed by atoms with E-state index in [1.54, 1.807) is 12.5 Å². The van der Waals surface area contributed by atoms with Gasteiger partial charge in [-0.25, -0.2) is 0 Å². The second-order valence-electron chi connectivity index (χ2n) is 7.32. The largest absolute Gasteiger partial charge is 0.456 e. The van der Waals surface area contributed by atoms with E-state index in [0.717, 1.165) is 68.0 Å². The van der Waals surface area contributed by atoms with Crippen molar-refractivity contribution in [3.63, 3.8) is 0 Å². The van der Waals surface area contributed by atoms with E-state index < -0.39 is 0 Å². The summed E-state index contributed by atoms with van der Waals surface area (Å²) in [6, 6.07) is 8.09. The highest BCUT2D eigenvalue weighted by atomic mass is 35.5. The first-order valence-corrected chi connectivity index (χ1v) is 11.6. The molecule has 0 bridgehead atoms. The van der Waals surface area contributed by atoms with Crippen molar-refractivity contribution in [2.45, 2.75) is 24.2 Å². The molecule has 0 atom stereocenters. The van der Waals surface area contributed by atoms with Crippen LogP contribution in [0.25, 0.3) is 0 Å². The summed E-state index contributed by atoms with van der Waals surface area (Å²) in [6.07, 6.45) is 13.1. The van der Waals surface area contributed by atoms with Crippen molar-refractivity contribution in [1.82, 2.24) is 9.80 Å². The molecule has 1 aromatic rings. The molecule has 0 amide bonds.